The lowest BCUT2D eigenvalue weighted by molar-refractivity contribution is 0.0845. The highest BCUT2D eigenvalue weighted by atomic mass is 35.5. The van der Waals surface area contributed by atoms with E-state index < -0.39 is 21.8 Å². The van der Waals surface area contributed by atoms with Crippen molar-refractivity contribution >= 4 is 39.1 Å². The number of furan rings is 1. The van der Waals surface area contributed by atoms with Gasteiger partial charge in [-0.2, -0.15) is 0 Å². The molecule has 0 aliphatic carbocycles. The van der Waals surface area contributed by atoms with Crippen LogP contribution in [0.25, 0.3) is 0 Å². The van der Waals surface area contributed by atoms with Gasteiger partial charge in [0.2, 0.25) is 0 Å². The minimum atomic E-state index is -3.83. The quantitative estimate of drug-likeness (QED) is 0.534. The molecule has 0 spiro atoms. The Hall–Kier alpha value is -3.30. The van der Waals surface area contributed by atoms with E-state index in [1.165, 1.54) is 48.7 Å². The number of hydrazine groups is 1. The third kappa shape index (κ3) is 4.95. The third-order valence-corrected chi connectivity index (χ3v) is 5.57. The van der Waals surface area contributed by atoms with E-state index in [2.05, 4.69) is 15.6 Å². The van der Waals surface area contributed by atoms with E-state index in [4.69, 9.17) is 16.0 Å². The Balaban J connectivity index is 1.64. The highest BCUT2D eigenvalue weighted by Crippen LogP contribution is 2.19. The number of nitrogens with one attached hydrogen (secondary N) is 3. The largest absolute Gasteiger partial charge is 0.469 e. The Labute approximate surface area is 171 Å². The summed E-state index contributed by atoms with van der Waals surface area (Å²) >= 11 is 5.78. The summed E-state index contributed by atoms with van der Waals surface area (Å²) in [5.74, 6) is -0.718. The lowest BCUT2D eigenvalue weighted by atomic mass is 10.2. The average molecular weight is 434 g/mol. The van der Waals surface area contributed by atoms with Crippen LogP contribution in [0.3, 0.4) is 0 Å². The van der Waals surface area contributed by atoms with E-state index in [-0.39, 0.29) is 10.5 Å². The maximum Gasteiger partial charge on any atom is 0.273 e. The molecular formula is C19H16ClN3O5S. The number of rotatable bonds is 5. The van der Waals surface area contributed by atoms with Gasteiger partial charge in [0.05, 0.1) is 16.7 Å². The second kappa shape index (κ2) is 8.38. The first-order valence-corrected chi connectivity index (χ1v) is 10.2. The number of anilines is 1. The molecule has 0 aliphatic heterocycles. The van der Waals surface area contributed by atoms with Crippen molar-refractivity contribution in [1.82, 2.24) is 10.9 Å². The molecule has 0 radical (unpaired) electrons. The van der Waals surface area contributed by atoms with Crippen molar-refractivity contribution < 1.29 is 22.4 Å². The first kappa shape index (κ1) is 20.4. The highest BCUT2D eigenvalue weighted by Gasteiger charge is 2.16. The number of hydrogen-bond acceptors (Lipinski definition) is 5. The van der Waals surface area contributed by atoms with Crippen molar-refractivity contribution in [3.8, 4) is 0 Å². The molecule has 2 aromatic carbocycles. The molecular weight excluding hydrogens is 418 g/mol. The number of sulfonamides is 1. The molecule has 29 heavy (non-hydrogen) atoms. The fourth-order valence-corrected chi connectivity index (χ4v) is 3.58. The van der Waals surface area contributed by atoms with Crippen LogP contribution in [0.2, 0.25) is 5.02 Å². The third-order valence-electron chi connectivity index (χ3n) is 3.92. The second-order valence-corrected chi connectivity index (χ2v) is 8.05. The molecule has 150 valence electrons. The zero-order valence-electron chi connectivity index (χ0n) is 15.1. The predicted octanol–water partition coefficient (Wildman–Crippen LogP) is 3.12. The van der Waals surface area contributed by atoms with E-state index in [0.717, 1.165) is 0 Å². The summed E-state index contributed by atoms with van der Waals surface area (Å²) in [5, 5.41) is 0.485. The molecule has 0 aliphatic rings. The standard InChI is InChI=1S/C19H16ClN3O5S/c1-12-17(10-11-28-12)19(25)22-21-18(24)13-2-8-16(9-3-13)29(26,27)23-15-6-4-14(20)5-7-15/h2-11,23H,1H3,(H,21,24)(H,22,25). The Morgan fingerprint density at radius 2 is 1.52 bits per heavy atom. The molecule has 3 aromatic rings. The number of aryl methyl sites for hydroxylation is 1. The Bertz CT molecular complexity index is 1140. The molecule has 0 saturated carbocycles. The Kier molecular flexibility index (Phi) is 5.90. The van der Waals surface area contributed by atoms with E-state index in [0.29, 0.717) is 22.0 Å². The van der Waals surface area contributed by atoms with Gasteiger partial charge in [0.15, 0.2) is 0 Å². The molecule has 8 nitrogen and oxygen atoms in total. The van der Waals surface area contributed by atoms with Gasteiger partial charge in [0.1, 0.15) is 5.76 Å². The number of carbonyl (C=O) groups is 2. The number of benzene rings is 2. The highest BCUT2D eigenvalue weighted by molar-refractivity contribution is 7.92. The van der Waals surface area contributed by atoms with Crippen LogP contribution in [0.4, 0.5) is 5.69 Å². The van der Waals surface area contributed by atoms with E-state index in [9.17, 15) is 18.0 Å². The SMILES string of the molecule is Cc1occc1C(=O)NNC(=O)c1ccc(S(=O)(=O)Nc2ccc(Cl)cc2)cc1. The van der Waals surface area contributed by atoms with Crippen molar-refractivity contribution in [3.63, 3.8) is 0 Å². The van der Waals surface area contributed by atoms with Crippen LogP contribution in [0.15, 0.2) is 70.2 Å². The van der Waals surface area contributed by atoms with Crippen LogP contribution in [-0.4, -0.2) is 20.2 Å². The summed E-state index contributed by atoms with van der Waals surface area (Å²) < 4.78 is 32.3. The van der Waals surface area contributed by atoms with Crippen molar-refractivity contribution in [2.45, 2.75) is 11.8 Å². The summed E-state index contributed by atoms with van der Waals surface area (Å²) in [5.41, 5.74) is 5.34. The fraction of sp³-hybridized carbons (Fsp3) is 0.0526. The minimum Gasteiger partial charge on any atom is -0.469 e. The summed E-state index contributed by atoms with van der Waals surface area (Å²) in [4.78, 5) is 24.1. The summed E-state index contributed by atoms with van der Waals surface area (Å²) in [6.07, 6.45) is 1.36. The van der Waals surface area contributed by atoms with Crippen molar-refractivity contribution in [2.24, 2.45) is 0 Å². The summed E-state index contributed by atoms with van der Waals surface area (Å²) in [6, 6.07) is 12.9. The molecule has 0 fully saturated rings. The molecule has 0 bridgehead atoms. The monoisotopic (exact) mass is 433 g/mol. The Morgan fingerprint density at radius 3 is 2.10 bits per heavy atom. The maximum absolute atomic E-state index is 12.4. The van der Waals surface area contributed by atoms with E-state index >= 15 is 0 Å². The number of halogens is 1. The molecule has 0 saturated heterocycles. The average Bonchev–Trinajstić information content (AvgIpc) is 3.13. The van der Waals surface area contributed by atoms with Crippen LogP contribution < -0.4 is 15.6 Å². The summed E-state index contributed by atoms with van der Waals surface area (Å²) in [6.45, 7) is 1.62. The second-order valence-electron chi connectivity index (χ2n) is 5.94. The topological polar surface area (TPSA) is 118 Å². The molecule has 0 unspecified atom stereocenters. The molecule has 0 atom stereocenters. The lowest BCUT2D eigenvalue weighted by Gasteiger charge is -2.10. The minimum absolute atomic E-state index is 0.0259. The van der Waals surface area contributed by atoms with E-state index in [1.807, 2.05) is 0 Å². The number of amides is 2. The smallest absolute Gasteiger partial charge is 0.273 e. The molecule has 10 heteroatoms. The van der Waals surface area contributed by atoms with Crippen molar-refractivity contribution in [1.29, 1.82) is 0 Å². The van der Waals surface area contributed by atoms with Gasteiger partial charge in [-0.3, -0.25) is 25.2 Å². The first-order chi connectivity index (χ1) is 13.8. The fourth-order valence-electron chi connectivity index (χ4n) is 2.39. The van der Waals surface area contributed by atoms with Gasteiger partial charge in [0, 0.05) is 16.3 Å². The number of carbonyl (C=O) groups excluding carboxylic acids is 2. The maximum atomic E-state index is 12.4. The van der Waals surface area contributed by atoms with Crippen LogP contribution in [-0.2, 0) is 10.0 Å². The molecule has 2 amide bonds. The molecule has 3 N–H and O–H groups in total. The van der Waals surface area contributed by atoms with Gasteiger partial charge in [0.25, 0.3) is 21.8 Å². The van der Waals surface area contributed by atoms with Gasteiger partial charge < -0.3 is 4.42 Å². The molecule has 1 aromatic heterocycles. The molecule has 1 heterocycles. The van der Waals surface area contributed by atoms with Crippen molar-refractivity contribution in [2.75, 3.05) is 4.72 Å². The number of hydrogen-bond donors (Lipinski definition) is 3. The zero-order valence-corrected chi connectivity index (χ0v) is 16.7. The zero-order chi connectivity index (χ0) is 21.0. The van der Waals surface area contributed by atoms with Gasteiger partial charge >= 0.3 is 0 Å². The van der Waals surface area contributed by atoms with E-state index in [1.54, 1.807) is 19.1 Å². The Morgan fingerprint density at radius 1 is 0.897 bits per heavy atom. The van der Waals surface area contributed by atoms with Gasteiger partial charge in [-0.15, -0.1) is 0 Å². The summed E-state index contributed by atoms with van der Waals surface area (Å²) in [7, 11) is -3.83. The van der Waals surface area contributed by atoms with Gasteiger partial charge in [-0.25, -0.2) is 8.42 Å². The van der Waals surface area contributed by atoms with Gasteiger partial charge in [-0.05, 0) is 61.5 Å². The van der Waals surface area contributed by atoms with Crippen LogP contribution >= 0.6 is 11.6 Å². The van der Waals surface area contributed by atoms with Crippen LogP contribution in [0.1, 0.15) is 26.5 Å². The first-order valence-electron chi connectivity index (χ1n) is 8.29. The lowest BCUT2D eigenvalue weighted by Crippen LogP contribution is -2.41. The van der Waals surface area contributed by atoms with Gasteiger partial charge in [-0.1, -0.05) is 11.6 Å². The predicted molar refractivity (Wildman–Crippen MR) is 107 cm³/mol. The molecule has 3 rings (SSSR count). The normalized spacial score (nSPS) is 11.0. The van der Waals surface area contributed by atoms with Crippen LogP contribution in [0, 0.1) is 6.92 Å². The van der Waals surface area contributed by atoms with Crippen LogP contribution in [0.5, 0.6) is 0 Å². The van der Waals surface area contributed by atoms with Crippen molar-refractivity contribution in [3.05, 3.63) is 82.8 Å².